The lowest BCUT2D eigenvalue weighted by molar-refractivity contribution is -0.134. The van der Waals surface area contributed by atoms with Crippen LogP contribution in [0.15, 0.2) is 30.3 Å². The van der Waals surface area contributed by atoms with Crippen molar-refractivity contribution in [3.8, 4) is 0 Å². The molecule has 6 nitrogen and oxygen atoms in total. The quantitative estimate of drug-likeness (QED) is 0.465. The van der Waals surface area contributed by atoms with Gasteiger partial charge in [-0.25, -0.2) is 9.69 Å². The number of cyclic esters (lactones) is 1. The Morgan fingerprint density at radius 1 is 1.12 bits per heavy atom. The van der Waals surface area contributed by atoms with Gasteiger partial charge in [-0.05, 0) is 42.6 Å². The van der Waals surface area contributed by atoms with E-state index in [4.69, 9.17) is 4.74 Å². The average Bonchev–Trinajstić information content (AvgIpc) is 3.18. The van der Waals surface area contributed by atoms with E-state index in [2.05, 4.69) is 20.8 Å². The molecule has 0 bridgehead atoms. The van der Waals surface area contributed by atoms with Crippen molar-refractivity contribution in [3.05, 3.63) is 35.9 Å². The Kier molecular flexibility index (Phi) is 9.73. The third-order valence-electron chi connectivity index (χ3n) is 6.94. The molecule has 1 aliphatic heterocycles. The zero-order valence-electron chi connectivity index (χ0n) is 20.5. The third kappa shape index (κ3) is 6.81. The van der Waals surface area contributed by atoms with E-state index in [0.29, 0.717) is 18.3 Å². The molecule has 0 spiro atoms. The highest BCUT2D eigenvalue weighted by Gasteiger charge is 2.39. The van der Waals surface area contributed by atoms with Crippen molar-refractivity contribution in [2.75, 3.05) is 20.2 Å². The number of amides is 3. The van der Waals surface area contributed by atoms with Gasteiger partial charge < -0.3 is 9.64 Å². The van der Waals surface area contributed by atoms with E-state index in [-0.39, 0.29) is 36.3 Å². The van der Waals surface area contributed by atoms with Gasteiger partial charge in [0, 0.05) is 25.9 Å². The van der Waals surface area contributed by atoms with Crippen molar-refractivity contribution in [2.24, 2.45) is 23.7 Å². The smallest absolute Gasteiger partial charge is 0.417 e. The number of carbonyl (C=O) groups is 3. The van der Waals surface area contributed by atoms with Gasteiger partial charge in [0.2, 0.25) is 11.8 Å². The summed E-state index contributed by atoms with van der Waals surface area (Å²) in [7, 11) is 1.88. The van der Waals surface area contributed by atoms with Crippen LogP contribution in [0, 0.1) is 23.7 Å². The highest BCUT2D eigenvalue weighted by Crippen LogP contribution is 2.31. The first kappa shape index (κ1) is 25.9. The molecule has 0 saturated carbocycles. The van der Waals surface area contributed by atoms with Crippen LogP contribution in [-0.4, -0.2) is 47.9 Å². The summed E-state index contributed by atoms with van der Waals surface area (Å²) in [5, 5.41) is 0. The van der Waals surface area contributed by atoms with Crippen LogP contribution >= 0.6 is 0 Å². The maximum atomic E-state index is 13.0. The molecule has 5 atom stereocenters. The molecule has 6 heteroatoms. The molecule has 0 unspecified atom stereocenters. The number of rotatable bonds is 11. The topological polar surface area (TPSA) is 66.9 Å². The summed E-state index contributed by atoms with van der Waals surface area (Å²) < 4.78 is 5.19. The Morgan fingerprint density at radius 2 is 1.78 bits per heavy atom. The number of carbonyl (C=O) groups excluding carboxylic acids is 3. The van der Waals surface area contributed by atoms with Crippen LogP contribution in [-0.2, 0) is 14.3 Å². The Hall–Kier alpha value is -2.37. The van der Waals surface area contributed by atoms with E-state index in [0.717, 1.165) is 31.4 Å². The summed E-state index contributed by atoms with van der Waals surface area (Å²) in [5.41, 5.74) is 0.914. The van der Waals surface area contributed by atoms with E-state index in [1.165, 1.54) is 4.90 Å². The normalized spacial score (nSPS) is 19.8. The second kappa shape index (κ2) is 12.0. The largest absolute Gasteiger partial charge is 0.446 e. The van der Waals surface area contributed by atoms with Crippen molar-refractivity contribution >= 4 is 17.9 Å². The summed E-state index contributed by atoms with van der Waals surface area (Å²) in [5.74, 6) is 1.03. The van der Waals surface area contributed by atoms with Gasteiger partial charge in [-0.15, -0.1) is 0 Å². The fourth-order valence-electron chi connectivity index (χ4n) is 4.25. The Morgan fingerprint density at radius 3 is 2.41 bits per heavy atom. The molecule has 1 saturated heterocycles. The first-order valence-corrected chi connectivity index (χ1v) is 11.9. The van der Waals surface area contributed by atoms with Crippen molar-refractivity contribution in [1.82, 2.24) is 9.80 Å². The van der Waals surface area contributed by atoms with Crippen LogP contribution in [0.5, 0.6) is 0 Å². The molecule has 178 valence electrons. The zero-order chi connectivity index (χ0) is 23.8. The van der Waals surface area contributed by atoms with Gasteiger partial charge >= 0.3 is 6.09 Å². The van der Waals surface area contributed by atoms with Crippen LogP contribution in [0.3, 0.4) is 0 Å². The zero-order valence-corrected chi connectivity index (χ0v) is 20.5. The van der Waals surface area contributed by atoms with Gasteiger partial charge in [0.1, 0.15) is 12.6 Å². The van der Waals surface area contributed by atoms with E-state index < -0.39 is 6.09 Å². The molecule has 0 aliphatic carbocycles. The SMILES string of the molecule is CC[C@@H](C)C(=O)N(C)CC[C@@H](C)C[C@@H](C)[C@H](C)CC(=O)N1C(=O)OC[C@H]1c1ccccc1. The van der Waals surface area contributed by atoms with E-state index in [1.807, 2.05) is 56.1 Å². The van der Waals surface area contributed by atoms with Crippen molar-refractivity contribution in [1.29, 1.82) is 0 Å². The lowest BCUT2D eigenvalue weighted by Crippen LogP contribution is -2.36. The Labute approximate surface area is 193 Å². The number of hydrogen-bond donors (Lipinski definition) is 0. The van der Waals surface area contributed by atoms with Crippen LogP contribution in [0.4, 0.5) is 4.79 Å². The Bertz CT molecular complexity index is 766. The molecule has 2 rings (SSSR count). The summed E-state index contributed by atoms with van der Waals surface area (Å²) in [6.07, 6.45) is 2.55. The van der Waals surface area contributed by atoms with Gasteiger partial charge in [0.05, 0.1) is 0 Å². The monoisotopic (exact) mass is 444 g/mol. The summed E-state index contributed by atoms with van der Waals surface area (Å²) in [6, 6.07) is 9.21. The number of nitrogens with zero attached hydrogens (tertiary/aromatic N) is 2. The minimum atomic E-state index is -0.550. The minimum absolute atomic E-state index is 0.0669. The molecular weight excluding hydrogens is 404 g/mol. The predicted molar refractivity (Wildman–Crippen MR) is 126 cm³/mol. The molecular formula is C26H40N2O4. The second-order valence-corrected chi connectivity index (χ2v) is 9.62. The standard InChI is InChI=1S/C26H40N2O4/c1-7-19(3)25(30)27(6)14-13-18(2)15-20(4)21(5)16-24(29)28-23(17-32-26(28)31)22-11-9-8-10-12-22/h8-12,18-21,23H,7,13-17H2,1-6H3/t18-,19-,20-,21-,23+/m1/s1. The molecule has 0 N–H and O–H groups in total. The van der Waals surface area contributed by atoms with Gasteiger partial charge in [0.25, 0.3) is 0 Å². The molecule has 1 aromatic carbocycles. The van der Waals surface area contributed by atoms with Crippen molar-refractivity contribution in [2.45, 2.75) is 66.3 Å². The van der Waals surface area contributed by atoms with Gasteiger partial charge in [-0.1, -0.05) is 65.0 Å². The summed E-state index contributed by atoms with van der Waals surface area (Å²) >= 11 is 0. The predicted octanol–water partition coefficient (Wildman–Crippen LogP) is 5.29. The highest BCUT2D eigenvalue weighted by molar-refractivity contribution is 5.93. The molecule has 3 amide bonds. The van der Waals surface area contributed by atoms with E-state index >= 15 is 0 Å². The molecule has 1 fully saturated rings. The molecule has 1 heterocycles. The Balaban J connectivity index is 1.85. The van der Waals surface area contributed by atoms with Gasteiger partial charge in [-0.2, -0.15) is 0 Å². The van der Waals surface area contributed by atoms with Gasteiger partial charge in [-0.3, -0.25) is 9.59 Å². The third-order valence-corrected chi connectivity index (χ3v) is 6.94. The van der Waals surface area contributed by atoms with Gasteiger partial charge in [0.15, 0.2) is 0 Å². The van der Waals surface area contributed by atoms with E-state index in [1.54, 1.807) is 0 Å². The number of benzene rings is 1. The fourth-order valence-corrected chi connectivity index (χ4v) is 4.25. The molecule has 0 radical (unpaired) electrons. The van der Waals surface area contributed by atoms with Crippen LogP contribution in [0.1, 0.15) is 71.9 Å². The first-order chi connectivity index (χ1) is 15.1. The highest BCUT2D eigenvalue weighted by atomic mass is 16.6. The maximum Gasteiger partial charge on any atom is 0.417 e. The average molecular weight is 445 g/mol. The molecule has 1 aromatic rings. The van der Waals surface area contributed by atoms with Crippen LogP contribution in [0.25, 0.3) is 0 Å². The van der Waals surface area contributed by atoms with Crippen LogP contribution in [0.2, 0.25) is 0 Å². The fraction of sp³-hybridized carbons (Fsp3) is 0.654. The number of hydrogen-bond acceptors (Lipinski definition) is 4. The lowest BCUT2D eigenvalue weighted by Gasteiger charge is -2.27. The maximum absolute atomic E-state index is 13.0. The minimum Gasteiger partial charge on any atom is -0.446 e. The molecule has 0 aromatic heterocycles. The van der Waals surface area contributed by atoms with Crippen molar-refractivity contribution < 1.29 is 19.1 Å². The number of ether oxygens (including phenoxy) is 1. The molecule has 32 heavy (non-hydrogen) atoms. The number of imide groups is 1. The lowest BCUT2D eigenvalue weighted by atomic mass is 9.84. The second-order valence-electron chi connectivity index (χ2n) is 9.62. The van der Waals surface area contributed by atoms with Crippen LogP contribution < -0.4 is 0 Å². The van der Waals surface area contributed by atoms with Crippen molar-refractivity contribution in [3.63, 3.8) is 0 Å². The summed E-state index contributed by atoms with van der Waals surface area (Å²) in [6.45, 7) is 11.4. The first-order valence-electron chi connectivity index (χ1n) is 11.9. The van der Waals surface area contributed by atoms with E-state index in [9.17, 15) is 14.4 Å². The molecule has 1 aliphatic rings. The summed E-state index contributed by atoms with van der Waals surface area (Å²) in [4.78, 5) is 40.6.